The number of carbonyl (C=O) groups excluding carboxylic acids is 2. The quantitative estimate of drug-likeness (QED) is 0.667. The Kier molecular flexibility index (Phi) is 6.09. The maximum Gasteiger partial charge on any atom is 0.342 e. The number of esters is 1. The molecule has 2 heterocycles. The second-order valence-corrected chi connectivity index (χ2v) is 9.16. The first-order valence-electron chi connectivity index (χ1n) is 9.05. The van der Waals surface area contributed by atoms with Gasteiger partial charge in [0.25, 0.3) is 5.91 Å². The number of hydrogen-bond donors (Lipinski definition) is 1. The summed E-state index contributed by atoms with van der Waals surface area (Å²) in [5.74, 6) is -0.583. The van der Waals surface area contributed by atoms with Crippen LogP contribution in [0.5, 0.6) is 11.5 Å². The van der Waals surface area contributed by atoms with Gasteiger partial charge in [-0.2, -0.15) is 0 Å². The first kappa shape index (κ1) is 20.4. The van der Waals surface area contributed by atoms with Gasteiger partial charge in [-0.25, -0.2) is 13.2 Å². The number of ether oxygens (including phenoxy) is 2. The zero-order valence-corrected chi connectivity index (χ0v) is 16.5. The van der Waals surface area contributed by atoms with Gasteiger partial charge in [0.05, 0.1) is 18.6 Å². The fraction of sp³-hybridized carbons (Fsp3) is 0.556. The molecule has 2 fully saturated rings. The number of benzene rings is 1. The molecule has 1 aromatic carbocycles. The van der Waals surface area contributed by atoms with Gasteiger partial charge in [-0.15, -0.1) is 0 Å². The van der Waals surface area contributed by atoms with Crippen LogP contribution in [0.15, 0.2) is 18.2 Å². The summed E-state index contributed by atoms with van der Waals surface area (Å²) < 4.78 is 33.3. The molecule has 28 heavy (non-hydrogen) atoms. The summed E-state index contributed by atoms with van der Waals surface area (Å²) in [6.45, 7) is 1.68. The topological polar surface area (TPSA) is 113 Å². The summed E-state index contributed by atoms with van der Waals surface area (Å²) in [6.07, 6.45) is 0.637. The number of nitrogens with zero attached hydrogens (tertiary/aromatic N) is 2. The van der Waals surface area contributed by atoms with Crippen LogP contribution in [0.2, 0.25) is 0 Å². The Balaban J connectivity index is 1.48. The third-order valence-electron chi connectivity index (χ3n) is 5.14. The van der Waals surface area contributed by atoms with Crippen LogP contribution >= 0.6 is 0 Å². The number of piperazine rings is 1. The molecule has 0 spiro atoms. The lowest BCUT2D eigenvalue weighted by atomic mass is 10.2. The molecule has 1 amide bonds. The molecule has 0 aromatic heterocycles. The number of amides is 1. The van der Waals surface area contributed by atoms with Gasteiger partial charge in [-0.05, 0) is 24.6 Å². The lowest BCUT2D eigenvalue weighted by molar-refractivity contribution is -0.136. The van der Waals surface area contributed by atoms with E-state index in [4.69, 9.17) is 9.47 Å². The van der Waals surface area contributed by atoms with Crippen molar-refractivity contribution in [3.8, 4) is 11.5 Å². The van der Waals surface area contributed by atoms with Crippen LogP contribution in [0.3, 0.4) is 0 Å². The highest BCUT2D eigenvalue weighted by Gasteiger charge is 2.34. The van der Waals surface area contributed by atoms with Crippen molar-refractivity contribution in [1.29, 1.82) is 0 Å². The highest BCUT2D eigenvalue weighted by molar-refractivity contribution is 7.91. The number of sulfone groups is 1. The van der Waals surface area contributed by atoms with E-state index in [-0.39, 0.29) is 34.8 Å². The minimum absolute atomic E-state index is 0.0242. The number of phenols is 1. The summed E-state index contributed by atoms with van der Waals surface area (Å²) in [6, 6.07) is 4.19. The summed E-state index contributed by atoms with van der Waals surface area (Å²) >= 11 is 0. The molecular weight excluding hydrogens is 388 g/mol. The molecule has 0 bridgehead atoms. The van der Waals surface area contributed by atoms with Gasteiger partial charge < -0.3 is 19.5 Å². The van der Waals surface area contributed by atoms with Crippen molar-refractivity contribution in [3.63, 3.8) is 0 Å². The largest absolute Gasteiger partial charge is 0.507 e. The molecule has 3 rings (SSSR count). The van der Waals surface area contributed by atoms with E-state index >= 15 is 0 Å². The van der Waals surface area contributed by atoms with Crippen molar-refractivity contribution in [2.45, 2.75) is 12.5 Å². The monoisotopic (exact) mass is 412 g/mol. The van der Waals surface area contributed by atoms with Crippen molar-refractivity contribution in [3.05, 3.63) is 23.8 Å². The highest BCUT2D eigenvalue weighted by Crippen LogP contribution is 2.23. The third kappa shape index (κ3) is 4.74. The molecule has 154 valence electrons. The van der Waals surface area contributed by atoms with Crippen molar-refractivity contribution >= 4 is 21.7 Å². The molecule has 0 radical (unpaired) electrons. The minimum atomic E-state index is -2.94. The lowest BCUT2D eigenvalue weighted by Crippen LogP contribution is -2.53. The van der Waals surface area contributed by atoms with Gasteiger partial charge in [0, 0.05) is 32.2 Å². The second kappa shape index (κ2) is 8.36. The van der Waals surface area contributed by atoms with E-state index < -0.39 is 22.4 Å². The number of phenolic OH excluding ortho intramolecular Hbond substituents is 1. The van der Waals surface area contributed by atoms with E-state index in [2.05, 4.69) is 4.90 Å². The first-order valence-corrected chi connectivity index (χ1v) is 10.9. The van der Waals surface area contributed by atoms with Crippen LogP contribution in [0.1, 0.15) is 16.8 Å². The summed E-state index contributed by atoms with van der Waals surface area (Å²) in [4.78, 5) is 28.2. The molecule has 0 saturated carbocycles. The fourth-order valence-electron chi connectivity index (χ4n) is 3.50. The molecule has 1 N–H and O–H groups in total. The van der Waals surface area contributed by atoms with Crippen LogP contribution < -0.4 is 4.74 Å². The zero-order chi connectivity index (χ0) is 20.3. The number of methoxy groups -OCH3 is 1. The lowest BCUT2D eigenvalue weighted by Gasteiger charge is -2.37. The van der Waals surface area contributed by atoms with Gasteiger partial charge in [-0.3, -0.25) is 9.69 Å². The molecular formula is C18H24N2O7S. The van der Waals surface area contributed by atoms with Gasteiger partial charge in [0.1, 0.15) is 17.1 Å². The Labute approximate surface area is 163 Å². The normalized spacial score (nSPS) is 22.0. The van der Waals surface area contributed by atoms with Gasteiger partial charge in [0.15, 0.2) is 16.4 Å². The Morgan fingerprint density at radius 2 is 1.93 bits per heavy atom. The predicted molar refractivity (Wildman–Crippen MR) is 100 cm³/mol. The van der Waals surface area contributed by atoms with E-state index in [0.717, 1.165) is 0 Å². The number of aromatic hydroxyl groups is 1. The van der Waals surface area contributed by atoms with Crippen LogP contribution in [0.25, 0.3) is 0 Å². The molecule has 1 atom stereocenters. The molecule has 2 aliphatic rings. The highest BCUT2D eigenvalue weighted by atomic mass is 32.2. The molecule has 1 aromatic rings. The molecule has 10 heteroatoms. The van der Waals surface area contributed by atoms with E-state index in [9.17, 15) is 23.1 Å². The SMILES string of the molecule is COc1ccc(O)c(C(=O)OCC(=O)N2CCN(C3CCS(=O)(=O)C3)CC2)c1. The zero-order valence-electron chi connectivity index (χ0n) is 15.7. The Hall–Kier alpha value is -2.33. The smallest absolute Gasteiger partial charge is 0.342 e. The molecule has 0 aliphatic carbocycles. The van der Waals surface area contributed by atoms with Crippen molar-refractivity contribution in [2.24, 2.45) is 0 Å². The van der Waals surface area contributed by atoms with Crippen molar-refractivity contribution < 1.29 is 32.6 Å². The Morgan fingerprint density at radius 1 is 1.21 bits per heavy atom. The van der Waals surface area contributed by atoms with Crippen molar-refractivity contribution in [2.75, 3.05) is 51.4 Å². The average Bonchev–Trinajstić information content (AvgIpc) is 3.06. The molecule has 1 unspecified atom stereocenters. The number of rotatable bonds is 5. The summed E-state index contributed by atoms with van der Waals surface area (Å²) in [5, 5.41) is 9.78. The average molecular weight is 412 g/mol. The number of hydrogen-bond acceptors (Lipinski definition) is 8. The maximum atomic E-state index is 12.3. The van der Waals surface area contributed by atoms with Gasteiger partial charge in [-0.1, -0.05) is 0 Å². The van der Waals surface area contributed by atoms with E-state index in [1.807, 2.05) is 0 Å². The summed E-state index contributed by atoms with van der Waals surface area (Å²) in [7, 11) is -1.50. The van der Waals surface area contributed by atoms with E-state index in [0.29, 0.717) is 38.3 Å². The number of carbonyl (C=O) groups is 2. The van der Waals surface area contributed by atoms with Crippen molar-refractivity contribution in [1.82, 2.24) is 9.80 Å². The van der Waals surface area contributed by atoms with Crippen LogP contribution in [0, 0.1) is 0 Å². The van der Waals surface area contributed by atoms with Gasteiger partial charge in [0.2, 0.25) is 0 Å². The Bertz CT molecular complexity index is 847. The maximum absolute atomic E-state index is 12.3. The molecule has 2 saturated heterocycles. The van der Waals surface area contributed by atoms with Crippen LogP contribution in [-0.2, 0) is 19.4 Å². The van der Waals surface area contributed by atoms with Crippen LogP contribution in [0.4, 0.5) is 0 Å². The van der Waals surface area contributed by atoms with Gasteiger partial charge >= 0.3 is 5.97 Å². The standard InChI is InChI=1S/C18H24N2O7S/c1-26-14-2-3-16(21)15(10-14)18(23)27-11-17(22)20-7-5-19(6-8-20)13-4-9-28(24,25)12-13/h2-3,10,13,21H,4-9,11-12H2,1H3. The minimum Gasteiger partial charge on any atom is -0.507 e. The molecule has 2 aliphatic heterocycles. The second-order valence-electron chi connectivity index (χ2n) is 6.93. The molecule has 9 nitrogen and oxygen atoms in total. The third-order valence-corrected chi connectivity index (χ3v) is 6.89. The van der Waals surface area contributed by atoms with Crippen LogP contribution in [-0.4, -0.2) is 92.6 Å². The fourth-order valence-corrected chi connectivity index (χ4v) is 5.26. The predicted octanol–water partition coefficient (Wildman–Crippen LogP) is -0.111. The summed E-state index contributed by atoms with van der Waals surface area (Å²) in [5.41, 5.74) is -0.0700. The van der Waals surface area contributed by atoms with E-state index in [1.165, 1.54) is 25.3 Å². The first-order chi connectivity index (χ1) is 13.3. The van der Waals surface area contributed by atoms with E-state index in [1.54, 1.807) is 4.90 Å². The Morgan fingerprint density at radius 3 is 2.54 bits per heavy atom.